The lowest BCUT2D eigenvalue weighted by Crippen LogP contribution is -2.29. The van der Waals surface area contributed by atoms with Gasteiger partial charge in [0.15, 0.2) is 0 Å². The molecule has 0 radical (unpaired) electrons. The highest BCUT2D eigenvalue weighted by molar-refractivity contribution is 5.76. The number of aryl methyl sites for hydroxylation is 3. The first kappa shape index (κ1) is 16.3. The summed E-state index contributed by atoms with van der Waals surface area (Å²) in [5.74, 6) is 0.0786. The summed E-state index contributed by atoms with van der Waals surface area (Å²) in [6.07, 6.45) is 2.45. The number of rotatable bonds is 7. The van der Waals surface area contributed by atoms with Gasteiger partial charge < -0.3 is 5.32 Å². The molecule has 0 aliphatic rings. The number of nitrogens with one attached hydrogen (secondary N) is 1. The Morgan fingerprint density at radius 3 is 2.59 bits per heavy atom. The van der Waals surface area contributed by atoms with E-state index >= 15 is 0 Å². The van der Waals surface area contributed by atoms with Crippen molar-refractivity contribution in [3.63, 3.8) is 0 Å². The second-order valence-electron chi connectivity index (χ2n) is 5.72. The number of carbonyl (C=O) groups is 1. The fourth-order valence-electron chi connectivity index (χ4n) is 2.67. The quantitative estimate of drug-likeness (QED) is 0.850. The van der Waals surface area contributed by atoms with E-state index in [4.69, 9.17) is 0 Å². The van der Waals surface area contributed by atoms with Crippen molar-refractivity contribution in [3.8, 4) is 0 Å². The van der Waals surface area contributed by atoms with Crippen LogP contribution in [-0.2, 0) is 11.3 Å². The van der Waals surface area contributed by atoms with Crippen molar-refractivity contribution in [3.05, 3.63) is 53.3 Å². The Balaban J connectivity index is 1.92. The maximum atomic E-state index is 12.2. The zero-order valence-electron chi connectivity index (χ0n) is 13.7. The first-order valence-corrected chi connectivity index (χ1v) is 7.95. The Morgan fingerprint density at radius 1 is 1.27 bits per heavy atom. The summed E-state index contributed by atoms with van der Waals surface area (Å²) in [5, 5.41) is 7.54. The second kappa shape index (κ2) is 7.78. The van der Waals surface area contributed by atoms with Gasteiger partial charge in [-0.2, -0.15) is 5.10 Å². The molecule has 1 unspecified atom stereocenters. The molecule has 1 amide bonds. The Kier molecular flexibility index (Phi) is 5.75. The van der Waals surface area contributed by atoms with Gasteiger partial charge in [-0.3, -0.25) is 9.48 Å². The van der Waals surface area contributed by atoms with Crippen molar-refractivity contribution in [1.82, 2.24) is 15.1 Å². The Hall–Kier alpha value is -2.10. The van der Waals surface area contributed by atoms with E-state index in [9.17, 15) is 4.79 Å². The van der Waals surface area contributed by atoms with Crippen LogP contribution in [0.1, 0.15) is 49.2 Å². The zero-order valence-corrected chi connectivity index (χ0v) is 13.7. The summed E-state index contributed by atoms with van der Waals surface area (Å²) in [4.78, 5) is 12.2. The number of hydrogen-bond acceptors (Lipinski definition) is 2. The number of aromatic nitrogens is 2. The number of carbonyl (C=O) groups excluding carboxylic acids is 1. The van der Waals surface area contributed by atoms with Crippen molar-refractivity contribution >= 4 is 5.91 Å². The van der Waals surface area contributed by atoms with Crippen LogP contribution >= 0.6 is 0 Å². The Bertz CT molecular complexity index is 604. The van der Waals surface area contributed by atoms with E-state index in [-0.39, 0.29) is 11.9 Å². The lowest BCUT2D eigenvalue weighted by atomic mass is 10.0. The molecule has 1 atom stereocenters. The number of benzene rings is 1. The summed E-state index contributed by atoms with van der Waals surface area (Å²) in [6, 6.07) is 12.3. The molecule has 0 bridgehead atoms. The third kappa shape index (κ3) is 4.45. The van der Waals surface area contributed by atoms with Gasteiger partial charge in [-0.25, -0.2) is 0 Å². The molecule has 0 fully saturated rings. The molecule has 1 aromatic carbocycles. The van der Waals surface area contributed by atoms with E-state index in [2.05, 4.69) is 29.5 Å². The minimum absolute atomic E-state index is 0.0786. The SMILES string of the molecule is CCCC(NC(=O)CCn1nc(C)cc1C)c1ccccc1. The molecule has 0 saturated carbocycles. The summed E-state index contributed by atoms with van der Waals surface area (Å²) in [6.45, 7) is 6.75. The average Bonchev–Trinajstić information content (AvgIpc) is 2.83. The molecule has 4 nitrogen and oxygen atoms in total. The predicted octanol–water partition coefficient (Wildman–Crippen LogP) is 3.55. The van der Waals surface area contributed by atoms with E-state index in [1.807, 2.05) is 42.8 Å². The molecule has 1 N–H and O–H groups in total. The summed E-state index contributed by atoms with van der Waals surface area (Å²) >= 11 is 0. The monoisotopic (exact) mass is 299 g/mol. The van der Waals surface area contributed by atoms with E-state index in [0.717, 1.165) is 24.2 Å². The molecular weight excluding hydrogens is 274 g/mol. The normalized spacial score (nSPS) is 12.1. The highest BCUT2D eigenvalue weighted by atomic mass is 16.1. The van der Waals surface area contributed by atoms with Crippen molar-refractivity contribution in [2.24, 2.45) is 0 Å². The molecule has 0 spiro atoms. The molecule has 0 saturated heterocycles. The molecule has 118 valence electrons. The van der Waals surface area contributed by atoms with Crippen LogP contribution in [0.2, 0.25) is 0 Å². The van der Waals surface area contributed by atoms with Gasteiger partial charge in [0.05, 0.1) is 11.7 Å². The van der Waals surface area contributed by atoms with E-state index < -0.39 is 0 Å². The Labute approximate surface area is 132 Å². The summed E-state index contributed by atoms with van der Waals surface area (Å²) in [5.41, 5.74) is 3.26. The maximum absolute atomic E-state index is 12.2. The van der Waals surface area contributed by atoms with Crippen molar-refractivity contribution in [1.29, 1.82) is 0 Å². The molecule has 1 heterocycles. The average molecular weight is 299 g/mol. The van der Waals surface area contributed by atoms with Crippen LogP contribution in [0.25, 0.3) is 0 Å². The lowest BCUT2D eigenvalue weighted by Gasteiger charge is -2.18. The minimum atomic E-state index is 0.0786. The molecule has 22 heavy (non-hydrogen) atoms. The minimum Gasteiger partial charge on any atom is -0.349 e. The first-order chi connectivity index (χ1) is 10.6. The summed E-state index contributed by atoms with van der Waals surface area (Å²) in [7, 11) is 0. The van der Waals surface area contributed by atoms with E-state index in [1.165, 1.54) is 5.56 Å². The molecular formula is C18H25N3O. The first-order valence-electron chi connectivity index (χ1n) is 7.95. The van der Waals surface area contributed by atoms with Crippen LogP contribution in [0.5, 0.6) is 0 Å². The summed E-state index contributed by atoms with van der Waals surface area (Å²) < 4.78 is 1.90. The van der Waals surface area contributed by atoms with Crippen LogP contribution in [0.15, 0.2) is 36.4 Å². The largest absolute Gasteiger partial charge is 0.349 e. The Morgan fingerprint density at radius 2 is 2.00 bits per heavy atom. The van der Waals surface area contributed by atoms with Crippen LogP contribution in [-0.4, -0.2) is 15.7 Å². The van der Waals surface area contributed by atoms with Gasteiger partial charge in [0.2, 0.25) is 5.91 Å². The van der Waals surface area contributed by atoms with Crippen LogP contribution in [0.3, 0.4) is 0 Å². The van der Waals surface area contributed by atoms with Gasteiger partial charge in [-0.15, -0.1) is 0 Å². The molecule has 1 aromatic heterocycles. The standard InChI is InChI=1S/C18H25N3O/c1-4-8-17(16-9-6-5-7-10-16)19-18(22)11-12-21-15(3)13-14(2)20-21/h5-7,9-10,13,17H,4,8,11-12H2,1-3H3,(H,19,22). The zero-order chi connectivity index (χ0) is 15.9. The fraction of sp³-hybridized carbons (Fsp3) is 0.444. The van der Waals surface area contributed by atoms with Gasteiger partial charge in [-0.1, -0.05) is 43.7 Å². The van der Waals surface area contributed by atoms with Crippen molar-refractivity contribution in [2.75, 3.05) is 0 Å². The van der Waals surface area contributed by atoms with E-state index in [1.54, 1.807) is 0 Å². The molecule has 2 aromatic rings. The fourth-order valence-corrected chi connectivity index (χ4v) is 2.67. The van der Waals surface area contributed by atoms with Gasteiger partial charge in [0.25, 0.3) is 0 Å². The molecule has 4 heteroatoms. The lowest BCUT2D eigenvalue weighted by molar-refractivity contribution is -0.122. The molecule has 0 aliphatic carbocycles. The van der Waals surface area contributed by atoms with Gasteiger partial charge in [0, 0.05) is 18.7 Å². The molecule has 2 rings (SSSR count). The number of amides is 1. The highest BCUT2D eigenvalue weighted by Crippen LogP contribution is 2.18. The van der Waals surface area contributed by atoms with Crippen molar-refractivity contribution in [2.45, 2.75) is 52.6 Å². The van der Waals surface area contributed by atoms with E-state index in [0.29, 0.717) is 13.0 Å². The van der Waals surface area contributed by atoms with Gasteiger partial charge >= 0.3 is 0 Å². The molecule has 0 aliphatic heterocycles. The van der Waals surface area contributed by atoms with Crippen molar-refractivity contribution < 1.29 is 4.79 Å². The maximum Gasteiger partial charge on any atom is 0.222 e. The highest BCUT2D eigenvalue weighted by Gasteiger charge is 2.13. The second-order valence-corrected chi connectivity index (χ2v) is 5.72. The predicted molar refractivity (Wildman–Crippen MR) is 88.6 cm³/mol. The van der Waals surface area contributed by atoms with Gasteiger partial charge in [-0.05, 0) is 31.9 Å². The van der Waals surface area contributed by atoms with Crippen LogP contribution in [0.4, 0.5) is 0 Å². The third-order valence-corrected chi connectivity index (χ3v) is 3.77. The number of hydrogen-bond donors (Lipinski definition) is 1. The smallest absolute Gasteiger partial charge is 0.222 e. The van der Waals surface area contributed by atoms with Gasteiger partial charge in [0.1, 0.15) is 0 Å². The van der Waals surface area contributed by atoms with Crippen LogP contribution < -0.4 is 5.32 Å². The topological polar surface area (TPSA) is 46.9 Å². The van der Waals surface area contributed by atoms with Crippen LogP contribution in [0, 0.1) is 13.8 Å². The number of nitrogens with zero attached hydrogens (tertiary/aromatic N) is 2. The third-order valence-electron chi connectivity index (χ3n) is 3.77.